The molecule has 2 heterocycles. The first-order valence-electron chi connectivity index (χ1n) is 5.17. The molecule has 0 spiro atoms. The Morgan fingerprint density at radius 1 is 1.47 bits per heavy atom. The van der Waals surface area contributed by atoms with Gasteiger partial charge in [-0.15, -0.1) is 0 Å². The van der Waals surface area contributed by atoms with E-state index in [0.717, 1.165) is 11.3 Å². The molecule has 2 aromatic rings. The van der Waals surface area contributed by atoms with E-state index in [1.807, 2.05) is 19.1 Å². The smallest absolute Gasteiger partial charge is 0.357 e. The van der Waals surface area contributed by atoms with E-state index in [1.54, 1.807) is 19.4 Å². The SMILES string of the molecule is COC(=O)c1c(-c2ncccc2C)cnn1C. The Hall–Kier alpha value is -2.17. The lowest BCUT2D eigenvalue weighted by Gasteiger charge is -2.05. The molecule has 0 amide bonds. The zero-order chi connectivity index (χ0) is 12.4. The number of pyridine rings is 1. The highest BCUT2D eigenvalue weighted by Crippen LogP contribution is 2.24. The molecule has 0 saturated carbocycles. The molecule has 0 saturated heterocycles. The Morgan fingerprint density at radius 2 is 2.24 bits per heavy atom. The highest BCUT2D eigenvalue weighted by atomic mass is 16.5. The predicted molar refractivity (Wildman–Crippen MR) is 62.5 cm³/mol. The second kappa shape index (κ2) is 4.37. The molecule has 0 radical (unpaired) electrons. The quantitative estimate of drug-likeness (QED) is 0.736. The van der Waals surface area contributed by atoms with Gasteiger partial charge in [0.15, 0.2) is 5.69 Å². The van der Waals surface area contributed by atoms with Crippen molar-refractivity contribution < 1.29 is 9.53 Å². The maximum absolute atomic E-state index is 11.7. The molecule has 2 aromatic heterocycles. The lowest BCUT2D eigenvalue weighted by Crippen LogP contribution is -2.10. The van der Waals surface area contributed by atoms with Crippen LogP contribution in [0.3, 0.4) is 0 Å². The van der Waals surface area contributed by atoms with Crippen LogP contribution in [0, 0.1) is 6.92 Å². The summed E-state index contributed by atoms with van der Waals surface area (Å²) < 4.78 is 6.25. The van der Waals surface area contributed by atoms with E-state index >= 15 is 0 Å². The van der Waals surface area contributed by atoms with Gasteiger partial charge in [0.1, 0.15) is 0 Å². The van der Waals surface area contributed by atoms with Gasteiger partial charge in [-0.2, -0.15) is 5.10 Å². The van der Waals surface area contributed by atoms with Crippen LogP contribution in [0.4, 0.5) is 0 Å². The van der Waals surface area contributed by atoms with Crippen LogP contribution in [0.5, 0.6) is 0 Å². The van der Waals surface area contributed by atoms with Crippen molar-refractivity contribution in [3.8, 4) is 11.3 Å². The molecule has 5 heteroatoms. The molecule has 2 rings (SSSR count). The minimum Gasteiger partial charge on any atom is -0.464 e. The third-order valence-electron chi connectivity index (χ3n) is 2.58. The highest BCUT2D eigenvalue weighted by molar-refractivity contribution is 5.95. The van der Waals surface area contributed by atoms with Crippen LogP contribution in [0.25, 0.3) is 11.3 Å². The summed E-state index contributed by atoms with van der Waals surface area (Å²) in [5.41, 5.74) is 2.85. The van der Waals surface area contributed by atoms with Gasteiger partial charge in [-0.1, -0.05) is 6.07 Å². The third-order valence-corrected chi connectivity index (χ3v) is 2.58. The van der Waals surface area contributed by atoms with Crippen molar-refractivity contribution in [2.45, 2.75) is 6.92 Å². The van der Waals surface area contributed by atoms with Gasteiger partial charge >= 0.3 is 5.97 Å². The number of rotatable bonds is 2. The van der Waals surface area contributed by atoms with E-state index < -0.39 is 5.97 Å². The standard InChI is InChI=1S/C12H13N3O2/c1-8-5-4-6-13-10(8)9-7-14-15(2)11(9)12(16)17-3/h4-7H,1-3H3. The molecule has 0 fully saturated rings. The van der Waals surface area contributed by atoms with Crippen molar-refractivity contribution in [2.24, 2.45) is 7.05 Å². The minimum absolute atomic E-state index is 0.411. The van der Waals surface area contributed by atoms with Gasteiger partial charge in [-0.25, -0.2) is 4.79 Å². The van der Waals surface area contributed by atoms with Crippen molar-refractivity contribution in [3.63, 3.8) is 0 Å². The van der Waals surface area contributed by atoms with Crippen LogP contribution in [-0.2, 0) is 11.8 Å². The second-order valence-electron chi connectivity index (χ2n) is 3.69. The van der Waals surface area contributed by atoms with Crippen molar-refractivity contribution >= 4 is 5.97 Å². The fraction of sp³-hybridized carbons (Fsp3) is 0.250. The van der Waals surface area contributed by atoms with E-state index in [0.29, 0.717) is 11.3 Å². The molecule has 0 aliphatic heterocycles. The van der Waals surface area contributed by atoms with E-state index in [-0.39, 0.29) is 0 Å². The average molecular weight is 231 g/mol. The van der Waals surface area contributed by atoms with Gasteiger partial charge in [0.05, 0.1) is 24.6 Å². The normalized spacial score (nSPS) is 10.3. The van der Waals surface area contributed by atoms with Crippen LogP contribution >= 0.6 is 0 Å². The number of nitrogens with zero attached hydrogens (tertiary/aromatic N) is 3. The minimum atomic E-state index is -0.412. The zero-order valence-electron chi connectivity index (χ0n) is 9.97. The Kier molecular flexibility index (Phi) is 2.91. The number of hydrogen-bond donors (Lipinski definition) is 0. The van der Waals surface area contributed by atoms with Crippen LogP contribution in [0.1, 0.15) is 16.1 Å². The first-order chi connectivity index (χ1) is 8.15. The molecule has 0 aromatic carbocycles. The summed E-state index contributed by atoms with van der Waals surface area (Å²) in [6.07, 6.45) is 3.32. The van der Waals surface area contributed by atoms with Crippen molar-refractivity contribution in [2.75, 3.05) is 7.11 Å². The summed E-state index contributed by atoms with van der Waals surface area (Å²) >= 11 is 0. The van der Waals surface area contributed by atoms with Crippen LogP contribution in [0.15, 0.2) is 24.5 Å². The van der Waals surface area contributed by atoms with Gasteiger partial charge < -0.3 is 4.74 Å². The number of methoxy groups -OCH3 is 1. The molecule has 0 atom stereocenters. The summed E-state index contributed by atoms with van der Waals surface area (Å²) in [6, 6.07) is 3.80. The Bertz CT molecular complexity index is 561. The lowest BCUT2D eigenvalue weighted by molar-refractivity contribution is 0.0589. The molecule has 17 heavy (non-hydrogen) atoms. The first kappa shape index (κ1) is 11.3. The Morgan fingerprint density at radius 3 is 2.88 bits per heavy atom. The maximum atomic E-state index is 11.7. The van der Waals surface area contributed by atoms with E-state index in [4.69, 9.17) is 4.74 Å². The largest absolute Gasteiger partial charge is 0.464 e. The van der Waals surface area contributed by atoms with E-state index in [2.05, 4.69) is 10.1 Å². The van der Waals surface area contributed by atoms with Gasteiger partial charge in [0, 0.05) is 13.2 Å². The Balaban J connectivity index is 2.61. The third kappa shape index (κ3) is 1.91. The number of esters is 1. The van der Waals surface area contributed by atoms with Gasteiger partial charge in [-0.05, 0) is 18.6 Å². The van der Waals surface area contributed by atoms with Crippen LogP contribution in [-0.4, -0.2) is 27.8 Å². The summed E-state index contributed by atoms with van der Waals surface area (Å²) in [4.78, 5) is 16.0. The lowest BCUT2D eigenvalue weighted by atomic mass is 10.1. The highest BCUT2D eigenvalue weighted by Gasteiger charge is 2.20. The summed E-state index contributed by atoms with van der Waals surface area (Å²) in [5, 5.41) is 4.08. The zero-order valence-corrected chi connectivity index (χ0v) is 9.97. The van der Waals surface area contributed by atoms with Crippen LogP contribution in [0.2, 0.25) is 0 Å². The summed E-state index contributed by atoms with van der Waals surface area (Å²) in [7, 11) is 3.05. The molecular formula is C12H13N3O2. The van der Waals surface area contributed by atoms with Gasteiger partial charge in [0.2, 0.25) is 0 Å². The Labute approximate surface area is 99.1 Å². The molecule has 0 bridgehead atoms. The molecule has 0 aliphatic carbocycles. The maximum Gasteiger partial charge on any atom is 0.357 e. The molecular weight excluding hydrogens is 218 g/mol. The molecule has 0 N–H and O–H groups in total. The van der Waals surface area contributed by atoms with Gasteiger partial charge in [0.25, 0.3) is 0 Å². The van der Waals surface area contributed by atoms with Crippen molar-refractivity contribution in [1.29, 1.82) is 0 Å². The number of ether oxygens (including phenoxy) is 1. The fourth-order valence-electron chi connectivity index (χ4n) is 1.72. The molecule has 88 valence electrons. The predicted octanol–water partition coefficient (Wildman–Crippen LogP) is 1.58. The van der Waals surface area contributed by atoms with Gasteiger partial charge in [-0.3, -0.25) is 9.67 Å². The molecule has 0 aliphatic rings. The average Bonchev–Trinajstić information content (AvgIpc) is 2.71. The number of aromatic nitrogens is 3. The number of carbonyl (C=O) groups excluding carboxylic acids is 1. The topological polar surface area (TPSA) is 57.0 Å². The summed E-state index contributed by atoms with van der Waals surface area (Å²) in [5.74, 6) is -0.412. The monoisotopic (exact) mass is 231 g/mol. The van der Waals surface area contributed by atoms with Crippen molar-refractivity contribution in [1.82, 2.24) is 14.8 Å². The van der Waals surface area contributed by atoms with Crippen LogP contribution < -0.4 is 0 Å². The number of carbonyl (C=O) groups is 1. The van der Waals surface area contributed by atoms with Crippen molar-refractivity contribution in [3.05, 3.63) is 35.8 Å². The molecule has 0 unspecified atom stereocenters. The molecule has 5 nitrogen and oxygen atoms in total. The van der Waals surface area contributed by atoms with E-state index in [1.165, 1.54) is 11.8 Å². The fourth-order valence-corrected chi connectivity index (χ4v) is 1.72. The first-order valence-corrected chi connectivity index (χ1v) is 5.17. The summed E-state index contributed by atoms with van der Waals surface area (Å²) in [6.45, 7) is 1.94. The number of aryl methyl sites for hydroxylation is 2. The number of hydrogen-bond acceptors (Lipinski definition) is 4. The van der Waals surface area contributed by atoms with E-state index in [9.17, 15) is 4.79 Å². The second-order valence-corrected chi connectivity index (χ2v) is 3.69.